The molecule has 106 valence electrons. The van der Waals surface area contributed by atoms with Crippen LogP contribution < -0.4 is 5.32 Å². The highest BCUT2D eigenvalue weighted by Crippen LogP contribution is 2.12. The van der Waals surface area contributed by atoms with Gasteiger partial charge in [0.15, 0.2) is 9.84 Å². The number of hydrogen-bond donors (Lipinski definition) is 1. The number of carbonyl (C=O) groups is 1. The third-order valence-electron chi connectivity index (χ3n) is 2.34. The van der Waals surface area contributed by atoms with Crippen LogP contribution in [0.25, 0.3) is 0 Å². The molecule has 2 rings (SSSR count). The molecule has 0 amide bonds. The number of carbonyl (C=O) groups excluding carboxylic acids is 1. The molecule has 1 fully saturated rings. The van der Waals surface area contributed by atoms with Gasteiger partial charge in [0.1, 0.15) is 0 Å². The van der Waals surface area contributed by atoms with Crippen LogP contribution in [0.2, 0.25) is 0 Å². The summed E-state index contributed by atoms with van der Waals surface area (Å²) < 4.78 is 27.1. The largest absolute Gasteiger partial charge is 0.379 e. The van der Waals surface area contributed by atoms with Gasteiger partial charge in [-0.15, -0.1) is 0 Å². The zero-order chi connectivity index (χ0) is 14.3. The van der Waals surface area contributed by atoms with E-state index in [1.54, 1.807) is 0 Å². The number of sulfone groups is 1. The lowest BCUT2D eigenvalue weighted by Gasteiger charge is -2.10. The highest BCUT2D eigenvalue weighted by Gasteiger charge is 2.09. The van der Waals surface area contributed by atoms with Crippen molar-refractivity contribution in [3.63, 3.8) is 0 Å². The summed E-state index contributed by atoms with van der Waals surface area (Å²) in [7, 11) is -3.27. The van der Waals surface area contributed by atoms with Crippen LogP contribution in [-0.2, 0) is 14.6 Å². The van der Waals surface area contributed by atoms with Crippen LogP contribution in [0, 0.1) is 0 Å². The number of halogens is 1. The van der Waals surface area contributed by atoms with E-state index >= 15 is 0 Å². The molecule has 1 saturated heterocycles. The summed E-state index contributed by atoms with van der Waals surface area (Å²) in [6.45, 7) is 3.83. The Hall–Kier alpha value is -0.950. The summed E-state index contributed by atoms with van der Waals surface area (Å²) in [5, 5.41) is 2.50. The van der Waals surface area contributed by atoms with Crippen molar-refractivity contribution < 1.29 is 17.9 Å². The monoisotopic (exact) mass is 305 g/mol. The Labute approximate surface area is 117 Å². The molecular formula is C12H16ClNO4S. The van der Waals surface area contributed by atoms with Gasteiger partial charge in [-0.25, -0.2) is 8.42 Å². The first-order valence-electron chi connectivity index (χ1n) is 5.69. The highest BCUT2D eigenvalue weighted by molar-refractivity contribution is 7.90. The Morgan fingerprint density at radius 1 is 1.32 bits per heavy atom. The van der Waals surface area contributed by atoms with Crippen LogP contribution in [0.4, 0.5) is 0 Å². The molecule has 0 aliphatic carbocycles. The fraction of sp³-hybridized carbons (Fsp3) is 0.417. The molecule has 1 aliphatic heterocycles. The van der Waals surface area contributed by atoms with E-state index in [4.69, 9.17) is 16.3 Å². The van der Waals surface area contributed by atoms with Gasteiger partial charge < -0.3 is 10.1 Å². The van der Waals surface area contributed by atoms with E-state index < -0.39 is 15.1 Å². The van der Waals surface area contributed by atoms with E-state index in [0.717, 1.165) is 32.6 Å². The first kappa shape index (κ1) is 16.1. The van der Waals surface area contributed by atoms with Crippen LogP contribution in [0.5, 0.6) is 0 Å². The van der Waals surface area contributed by atoms with E-state index in [1.807, 2.05) is 0 Å². The average molecular weight is 306 g/mol. The van der Waals surface area contributed by atoms with Crippen molar-refractivity contribution >= 4 is 26.7 Å². The molecule has 1 aromatic rings. The molecule has 7 heteroatoms. The van der Waals surface area contributed by atoms with E-state index in [9.17, 15) is 13.2 Å². The standard InChI is InChI=1S/C8H7ClO3S.C4H9NO/c1-13(11,12)7-4-2-3-6(5-7)8(9)10;1-3-6-4-2-5-1/h2-5H,1H3;5H,1-4H2. The molecule has 0 bridgehead atoms. The fourth-order valence-corrected chi connectivity index (χ4v) is 2.15. The van der Waals surface area contributed by atoms with Gasteiger partial charge in [0.2, 0.25) is 0 Å². The van der Waals surface area contributed by atoms with Crippen LogP contribution in [0.15, 0.2) is 29.2 Å². The molecule has 1 heterocycles. The molecule has 0 spiro atoms. The second kappa shape index (κ2) is 7.59. The normalized spacial score (nSPS) is 15.3. The second-order valence-electron chi connectivity index (χ2n) is 3.94. The maximum absolute atomic E-state index is 11.1. The summed E-state index contributed by atoms with van der Waals surface area (Å²) in [5.74, 6) is 0. The first-order chi connectivity index (χ1) is 8.91. The number of ether oxygens (including phenoxy) is 1. The topological polar surface area (TPSA) is 72.5 Å². The lowest BCUT2D eigenvalue weighted by molar-refractivity contribution is 0.108. The molecular weight excluding hydrogens is 290 g/mol. The average Bonchev–Trinajstić information content (AvgIpc) is 2.40. The third kappa shape index (κ3) is 6.15. The van der Waals surface area contributed by atoms with Crippen LogP contribution in [-0.4, -0.2) is 46.2 Å². The van der Waals surface area contributed by atoms with Gasteiger partial charge in [0, 0.05) is 24.9 Å². The number of benzene rings is 1. The van der Waals surface area contributed by atoms with Gasteiger partial charge in [-0.3, -0.25) is 4.79 Å². The fourth-order valence-electron chi connectivity index (χ4n) is 1.36. The maximum Gasteiger partial charge on any atom is 0.252 e. The molecule has 1 N–H and O–H groups in total. The third-order valence-corrected chi connectivity index (χ3v) is 3.66. The van der Waals surface area contributed by atoms with Crippen molar-refractivity contribution in [2.45, 2.75) is 4.90 Å². The lowest BCUT2D eigenvalue weighted by Crippen LogP contribution is -2.30. The maximum atomic E-state index is 11.1. The zero-order valence-corrected chi connectivity index (χ0v) is 12.1. The summed E-state index contributed by atoms with van der Waals surface area (Å²) in [5.41, 5.74) is 0.185. The molecule has 0 unspecified atom stereocenters. The number of nitrogens with one attached hydrogen (secondary N) is 1. The summed E-state index contributed by atoms with van der Waals surface area (Å²) >= 11 is 5.19. The Morgan fingerprint density at radius 2 is 1.95 bits per heavy atom. The zero-order valence-electron chi connectivity index (χ0n) is 10.6. The number of hydrogen-bond acceptors (Lipinski definition) is 5. The number of morpholine rings is 1. The van der Waals surface area contributed by atoms with Gasteiger partial charge in [0.25, 0.3) is 5.24 Å². The predicted molar refractivity (Wildman–Crippen MR) is 73.4 cm³/mol. The predicted octanol–water partition coefficient (Wildman–Crippen LogP) is 1.08. The Kier molecular flexibility index (Phi) is 6.44. The van der Waals surface area contributed by atoms with Gasteiger partial charge in [-0.2, -0.15) is 0 Å². The Balaban J connectivity index is 0.000000250. The molecule has 19 heavy (non-hydrogen) atoms. The smallest absolute Gasteiger partial charge is 0.252 e. The minimum absolute atomic E-state index is 0.0963. The van der Waals surface area contributed by atoms with Crippen molar-refractivity contribution in [1.82, 2.24) is 5.32 Å². The van der Waals surface area contributed by atoms with Crippen LogP contribution in [0.3, 0.4) is 0 Å². The van der Waals surface area contributed by atoms with E-state index in [-0.39, 0.29) is 10.5 Å². The van der Waals surface area contributed by atoms with E-state index in [0.29, 0.717) is 0 Å². The van der Waals surface area contributed by atoms with Crippen LogP contribution >= 0.6 is 11.6 Å². The minimum Gasteiger partial charge on any atom is -0.379 e. The quantitative estimate of drug-likeness (QED) is 0.828. The minimum atomic E-state index is -3.27. The molecule has 0 saturated carbocycles. The highest BCUT2D eigenvalue weighted by atomic mass is 35.5. The molecule has 0 aromatic heterocycles. The van der Waals surface area contributed by atoms with Crippen molar-refractivity contribution in [1.29, 1.82) is 0 Å². The van der Waals surface area contributed by atoms with Crippen molar-refractivity contribution in [3.05, 3.63) is 29.8 Å². The van der Waals surface area contributed by atoms with Gasteiger partial charge >= 0.3 is 0 Å². The molecule has 1 aromatic carbocycles. The van der Waals surface area contributed by atoms with E-state index in [1.165, 1.54) is 24.3 Å². The molecule has 1 aliphatic rings. The summed E-state index contributed by atoms with van der Waals surface area (Å²) in [6, 6.07) is 5.61. The first-order valence-corrected chi connectivity index (χ1v) is 7.96. The van der Waals surface area contributed by atoms with Crippen molar-refractivity contribution in [2.75, 3.05) is 32.6 Å². The van der Waals surface area contributed by atoms with Gasteiger partial charge in [0.05, 0.1) is 18.1 Å². The summed E-state index contributed by atoms with van der Waals surface area (Å²) in [6.07, 6.45) is 1.07. The van der Waals surface area contributed by atoms with Gasteiger partial charge in [-0.05, 0) is 23.7 Å². The Morgan fingerprint density at radius 3 is 2.32 bits per heavy atom. The lowest BCUT2D eigenvalue weighted by atomic mass is 10.2. The van der Waals surface area contributed by atoms with Crippen molar-refractivity contribution in [2.24, 2.45) is 0 Å². The van der Waals surface area contributed by atoms with Crippen LogP contribution in [0.1, 0.15) is 10.4 Å². The SMILES string of the molecule is C1COCCN1.CS(=O)(=O)c1cccc(C(=O)Cl)c1. The molecule has 5 nitrogen and oxygen atoms in total. The van der Waals surface area contributed by atoms with Gasteiger partial charge in [-0.1, -0.05) is 12.1 Å². The summed E-state index contributed by atoms with van der Waals surface area (Å²) in [4.78, 5) is 10.8. The number of rotatable bonds is 2. The molecule has 0 radical (unpaired) electrons. The Bertz CT molecular complexity index is 515. The molecule has 0 atom stereocenters. The second-order valence-corrected chi connectivity index (χ2v) is 6.30. The van der Waals surface area contributed by atoms with E-state index in [2.05, 4.69) is 5.32 Å². The van der Waals surface area contributed by atoms with Crippen molar-refractivity contribution in [3.8, 4) is 0 Å².